The Labute approximate surface area is 184 Å². The van der Waals surface area contributed by atoms with Crippen LogP contribution in [0, 0.1) is 5.92 Å². The molecular weight excluding hydrogens is 388 g/mol. The van der Waals surface area contributed by atoms with E-state index in [4.69, 9.17) is 9.47 Å². The second-order valence-electron chi connectivity index (χ2n) is 8.31. The Morgan fingerprint density at radius 3 is 2.58 bits per heavy atom. The molecule has 0 bridgehead atoms. The zero-order chi connectivity index (χ0) is 21.8. The minimum atomic E-state index is -0.349. The van der Waals surface area contributed by atoms with Gasteiger partial charge in [0, 0.05) is 24.9 Å². The molecule has 1 aliphatic rings. The average molecular weight is 419 g/mol. The zero-order valence-electron chi connectivity index (χ0n) is 18.4. The van der Waals surface area contributed by atoms with Crippen LogP contribution in [0.25, 0.3) is 10.8 Å². The number of ether oxygens (including phenoxy) is 2. The van der Waals surface area contributed by atoms with Crippen molar-refractivity contribution in [3.8, 4) is 5.75 Å². The average Bonchev–Trinajstić information content (AvgIpc) is 2.78. The standard InChI is InChI=1S/C26H30N2O3/c1-18(2)14-16-31-23-13-12-19-8-4-5-9-20(19)24(23)25-27-22-11-7-6-10-21(22)26(29)28(25)15-17-30-3/h4-13,18,25,27H,14-17H2,1-3H3. The Morgan fingerprint density at radius 1 is 1.00 bits per heavy atom. The summed E-state index contributed by atoms with van der Waals surface area (Å²) in [5.41, 5.74) is 2.51. The number of hydrogen-bond donors (Lipinski definition) is 1. The van der Waals surface area contributed by atoms with Crippen molar-refractivity contribution in [2.24, 2.45) is 5.92 Å². The lowest BCUT2D eigenvalue weighted by atomic mass is 9.97. The Morgan fingerprint density at radius 2 is 1.77 bits per heavy atom. The highest BCUT2D eigenvalue weighted by atomic mass is 16.5. The van der Waals surface area contributed by atoms with Gasteiger partial charge < -0.3 is 19.7 Å². The number of nitrogens with one attached hydrogen (secondary N) is 1. The van der Waals surface area contributed by atoms with E-state index in [2.05, 4.69) is 37.4 Å². The molecule has 3 aromatic carbocycles. The molecule has 0 fully saturated rings. The molecule has 1 atom stereocenters. The predicted octanol–water partition coefficient (Wildman–Crippen LogP) is 5.48. The summed E-state index contributed by atoms with van der Waals surface area (Å²) in [7, 11) is 1.66. The Balaban J connectivity index is 1.83. The lowest BCUT2D eigenvalue weighted by Gasteiger charge is -2.39. The van der Waals surface area contributed by atoms with E-state index < -0.39 is 0 Å². The van der Waals surface area contributed by atoms with Gasteiger partial charge in [-0.2, -0.15) is 0 Å². The van der Waals surface area contributed by atoms with Gasteiger partial charge >= 0.3 is 0 Å². The molecule has 4 rings (SSSR count). The van der Waals surface area contributed by atoms with Gasteiger partial charge in [0.25, 0.3) is 5.91 Å². The van der Waals surface area contributed by atoms with Gasteiger partial charge in [0.15, 0.2) is 0 Å². The highest BCUT2D eigenvalue weighted by Crippen LogP contribution is 2.40. The van der Waals surface area contributed by atoms with Crippen LogP contribution in [0.2, 0.25) is 0 Å². The van der Waals surface area contributed by atoms with Crippen molar-refractivity contribution < 1.29 is 14.3 Å². The predicted molar refractivity (Wildman–Crippen MR) is 125 cm³/mol. The van der Waals surface area contributed by atoms with Gasteiger partial charge in [0.1, 0.15) is 11.9 Å². The molecule has 1 N–H and O–H groups in total. The van der Waals surface area contributed by atoms with Crippen LogP contribution < -0.4 is 10.1 Å². The van der Waals surface area contributed by atoms with Gasteiger partial charge in [-0.25, -0.2) is 0 Å². The number of fused-ring (bicyclic) bond motifs is 2. The van der Waals surface area contributed by atoms with E-state index in [0.717, 1.165) is 34.2 Å². The molecule has 1 unspecified atom stereocenters. The van der Waals surface area contributed by atoms with Gasteiger partial charge in [-0.15, -0.1) is 0 Å². The molecule has 0 spiro atoms. The van der Waals surface area contributed by atoms with Gasteiger partial charge in [0.2, 0.25) is 0 Å². The number of nitrogens with zero attached hydrogens (tertiary/aromatic N) is 1. The molecule has 0 radical (unpaired) electrons. The van der Waals surface area contributed by atoms with Gasteiger partial charge in [0.05, 0.1) is 18.8 Å². The van der Waals surface area contributed by atoms with E-state index in [1.54, 1.807) is 7.11 Å². The lowest BCUT2D eigenvalue weighted by molar-refractivity contribution is 0.0608. The SMILES string of the molecule is COCCN1C(=O)c2ccccc2NC1c1c(OCCC(C)C)ccc2ccccc12. The van der Waals surface area contributed by atoms with Crippen LogP contribution >= 0.6 is 0 Å². The van der Waals surface area contributed by atoms with Crippen molar-refractivity contribution in [2.75, 3.05) is 32.2 Å². The number of benzene rings is 3. The normalized spacial score (nSPS) is 15.8. The third-order valence-electron chi connectivity index (χ3n) is 5.72. The van der Waals surface area contributed by atoms with Crippen molar-refractivity contribution >= 4 is 22.4 Å². The second kappa shape index (κ2) is 9.40. The lowest BCUT2D eigenvalue weighted by Crippen LogP contribution is -2.44. The van der Waals surface area contributed by atoms with E-state index >= 15 is 0 Å². The second-order valence-corrected chi connectivity index (χ2v) is 8.31. The summed E-state index contributed by atoms with van der Waals surface area (Å²) in [4.78, 5) is 15.3. The summed E-state index contributed by atoms with van der Waals surface area (Å²) in [6.07, 6.45) is 0.622. The van der Waals surface area contributed by atoms with E-state index in [9.17, 15) is 4.79 Å². The fourth-order valence-electron chi connectivity index (χ4n) is 4.03. The molecular formula is C26H30N2O3. The topological polar surface area (TPSA) is 50.8 Å². The maximum absolute atomic E-state index is 13.4. The third kappa shape index (κ3) is 4.37. The number of anilines is 1. The fourth-order valence-corrected chi connectivity index (χ4v) is 4.03. The van der Waals surface area contributed by atoms with Gasteiger partial charge in [-0.1, -0.05) is 56.3 Å². The fraction of sp³-hybridized carbons (Fsp3) is 0.346. The smallest absolute Gasteiger partial charge is 0.257 e. The third-order valence-corrected chi connectivity index (χ3v) is 5.72. The number of carbonyl (C=O) groups is 1. The van der Waals surface area contributed by atoms with E-state index in [1.165, 1.54) is 0 Å². The summed E-state index contributed by atoms with van der Waals surface area (Å²) < 4.78 is 11.6. The zero-order valence-corrected chi connectivity index (χ0v) is 18.4. The first-order valence-corrected chi connectivity index (χ1v) is 10.9. The number of methoxy groups -OCH3 is 1. The van der Waals surface area contributed by atoms with Crippen LogP contribution in [-0.4, -0.2) is 37.7 Å². The van der Waals surface area contributed by atoms with Crippen LogP contribution in [0.5, 0.6) is 5.75 Å². The quantitative estimate of drug-likeness (QED) is 0.526. The van der Waals surface area contributed by atoms with Crippen LogP contribution in [0.4, 0.5) is 5.69 Å². The highest BCUT2D eigenvalue weighted by Gasteiger charge is 2.35. The Hall–Kier alpha value is -3.05. The first-order chi connectivity index (χ1) is 15.1. The minimum Gasteiger partial charge on any atom is -0.493 e. The summed E-state index contributed by atoms with van der Waals surface area (Å²) in [5, 5.41) is 5.80. The number of carbonyl (C=O) groups excluding carboxylic acids is 1. The molecule has 0 aromatic heterocycles. The summed E-state index contributed by atoms with van der Waals surface area (Å²) >= 11 is 0. The molecule has 162 valence electrons. The minimum absolute atomic E-state index is 0.00235. The van der Waals surface area contributed by atoms with Crippen molar-refractivity contribution in [3.05, 3.63) is 71.8 Å². The molecule has 0 saturated heterocycles. The first-order valence-electron chi connectivity index (χ1n) is 10.9. The van der Waals surface area contributed by atoms with E-state index in [-0.39, 0.29) is 12.1 Å². The van der Waals surface area contributed by atoms with Crippen LogP contribution in [0.1, 0.15) is 42.4 Å². The molecule has 1 amide bonds. The van der Waals surface area contributed by atoms with Crippen LogP contribution in [-0.2, 0) is 4.74 Å². The van der Waals surface area contributed by atoms with Crippen molar-refractivity contribution in [1.29, 1.82) is 0 Å². The molecule has 31 heavy (non-hydrogen) atoms. The van der Waals surface area contributed by atoms with Crippen LogP contribution in [0.3, 0.4) is 0 Å². The number of para-hydroxylation sites is 1. The maximum Gasteiger partial charge on any atom is 0.257 e. The summed E-state index contributed by atoms with van der Waals surface area (Å²) in [5.74, 6) is 1.37. The molecule has 3 aromatic rings. The maximum atomic E-state index is 13.4. The van der Waals surface area contributed by atoms with Crippen molar-refractivity contribution in [3.63, 3.8) is 0 Å². The Kier molecular flexibility index (Phi) is 6.42. The van der Waals surface area contributed by atoms with Crippen molar-refractivity contribution in [1.82, 2.24) is 4.90 Å². The highest BCUT2D eigenvalue weighted by molar-refractivity contribution is 6.02. The number of rotatable bonds is 8. The molecule has 1 aliphatic heterocycles. The van der Waals surface area contributed by atoms with Crippen LogP contribution in [0.15, 0.2) is 60.7 Å². The molecule has 0 aliphatic carbocycles. The molecule has 5 heteroatoms. The number of hydrogen-bond acceptors (Lipinski definition) is 4. The molecule has 1 heterocycles. The van der Waals surface area contributed by atoms with Gasteiger partial charge in [-0.05, 0) is 41.3 Å². The first kappa shape index (κ1) is 21.2. The molecule has 5 nitrogen and oxygen atoms in total. The summed E-state index contributed by atoms with van der Waals surface area (Å²) in [6, 6.07) is 20.0. The molecule has 0 saturated carbocycles. The monoisotopic (exact) mass is 418 g/mol. The van der Waals surface area contributed by atoms with Crippen molar-refractivity contribution in [2.45, 2.75) is 26.4 Å². The Bertz CT molecular complexity index is 1060. The summed E-state index contributed by atoms with van der Waals surface area (Å²) in [6.45, 7) is 5.96. The van der Waals surface area contributed by atoms with E-state index in [0.29, 0.717) is 31.2 Å². The van der Waals surface area contributed by atoms with E-state index in [1.807, 2.05) is 47.4 Å². The van der Waals surface area contributed by atoms with Gasteiger partial charge in [-0.3, -0.25) is 4.79 Å². The number of amides is 1. The largest absolute Gasteiger partial charge is 0.493 e.